The van der Waals surface area contributed by atoms with Gasteiger partial charge in [0.1, 0.15) is 0 Å². The van der Waals surface area contributed by atoms with Crippen molar-refractivity contribution in [2.45, 2.75) is 47.5 Å². The van der Waals surface area contributed by atoms with E-state index in [4.69, 9.17) is 0 Å². The quantitative estimate of drug-likeness (QED) is 0.808. The number of nitrogens with zero attached hydrogens (tertiary/aromatic N) is 1. The SMILES string of the molecule is CCC(=O)c1cn(C)c2c(C)c(CC)c(C)c(C)c2c1=O. The molecule has 3 heteroatoms. The van der Waals surface area contributed by atoms with E-state index in [2.05, 4.69) is 20.8 Å². The van der Waals surface area contributed by atoms with E-state index in [1.807, 2.05) is 18.5 Å². The van der Waals surface area contributed by atoms with Crippen molar-refractivity contribution >= 4 is 16.7 Å². The average molecular weight is 285 g/mol. The van der Waals surface area contributed by atoms with Crippen LogP contribution >= 0.6 is 0 Å². The van der Waals surface area contributed by atoms with Crippen molar-refractivity contribution in [3.05, 3.63) is 44.2 Å². The highest BCUT2D eigenvalue weighted by molar-refractivity contribution is 6.00. The van der Waals surface area contributed by atoms with Gasteiger partial charge in [0.05, 0.1) is 11.1 Å². The monoisotopic (exact) mass is 285 g/mol. The van der Waals surface area contributed by atoms with Gasteiger partial charge in [-0.3, -0.25) is 9.59 Å². The molecule has 3 nitrogen and oxygen atoms in total. The Bertz CT molecular complexity index is 797. The van der Waals surface area contributed by atoms with Crippen LogP contribution in [0, 0.1) is 20.8 Å². The molecule has 0 bridgehead atoms. The van der Waals surface area contributed by atoms with Gasteiger partial charge in [-0.2, -0.15) is 0 Å². The van der Waals surface area contributed by atoms with E-state index in [-0.39, 0.29) is 11.2 Å². The molecule has 0 radical (unpaired) electrons. The van der Waals surface area contributed by atoms with Crippen LogP contribution in [0.15, 0.2) is 11.0 Å². The smallest absolute Gasteiger partial charge is 0.200 e. The van der Waals surface area contributed by atoms with Gasteiger partial charge < -0.3 is 4.57 Å². The van der Waals surface area contributed by atoms with Gasteiger partial charge in [-0.05, 0) is 49.4 Å². The van der Waals surface area contributed by atoms with E-state index in [9.17, 15) is 9.59 Å². The maximum absolute atomic E-state index is 12.8. The van der Waals surface area contributed by atoms with Crippen LogP contribution in [-0.4, -0.2) is 10.4 Å². The minimum Gasteiger partial charge on any atom is -0.349 e. The summed E-state index contributed by atoms with van der Waals surface area (Å²) < 4.78 is 1.93. The number of Topliss-reactive ketones (excluding diaryl/α,β-unsaturated/α-hetero) is 1. The molecule has 1 aromatic heterocycles. The molecular formula is C18H23NO2. The second-order valence-electron chi connectivity index (χ2n) is 5.69. The van der Waals surface area contributed by atoms with Gasteiger partial charge in [0, 0.05) is 25.1 Å². The summed E-state index contributed by atoms with van der Waals surface area (Å²) in [5.74, 6) is -0.0909. The predicted octanol–water partition coefficient (Wildman–Crippen LogP) is 3.62. The number of rotatable bonds is 3. The fraction of sp³-hybridized carbons (Fsp3) is 0.444. The molecule has 2 rings (SSSR count). The van der Waals surface area contributed by atoms with Crippen molar-refractivity contribution in [1.29, 1.82) is 0 Å². The highest BCUT2D eigenvalue weighted by Crippen LogP contribution is 2.28. The lowest BCUT2D eigenvalue weighted by Gasteiger charge is -2.18. The van der Waals surface area contributed by atoms with Crippen LogP contribution in [0.1, 0.15) is 52.9 Å². The van der Waals surface area contributed by atoms with Crippen molar-refractivity contribution < 1.29 is 4.79 Å². The number of aryl methyl sites for hydroxylation is 3. The fourth-order valence-electron chi connectivity index (χ4n) is 3.29. The number of hydrogen-bond acceptors (Lipinski definition) is 2. The van der Waals surface area contributed by atoms with Gasteiger partial charge in [0.15, 0.2) is 11.2 Å². The minimum atomic E-state index is -0.124. The average Bonchev–Trinajstić information content (AvgIpc) is 2.46. The molecule has 0 fully saturated rings. The van der Waals surface area contributed by atoms with Crippen LogP contribution in [0.2, 0.25) is 0 Å². The summed E-state index contributed by atoms with van der Waals surface area (Å²) in [5.41, 5.74) is 5.74. The number of hydrogen-bond donors (Lipinski definition) is 0. The van der Waals surface area contributed by atoms with E-state index in [1.54, 1.807) is 13.1 Å². The molecular weight excluding hydrogens is 262 g/mol. The van der Waals surface area contributed by atoms with Crippen molar-refractivity contribution in [2.24, 2.45) is 7.05 Å². The predicted molar refractivity (Wildman–Crippen MR) is 87.4 cm³/mol. The van der Waals surface area contributed by atoms with E-state index in [0.717, 1.165) is 23.1 Å². The van der Waals surface area contributed by atoms with Crippen molar-refractivity contribution in [3.8, 4) is 0 Å². The van der Waals surface area contributed by atoms with E-state index in [0.29, 0.717) is 17.4 Å². The normalized spacial score (nSPS) is 11.1. The largest absolute Gasteiger partial charge is 0.349 e. The number of pyridine rings is 1. The zero-order valence-electron chi connectivity index (χ0n) is 13.8. The summed E-state index contributed by atoms with van der Waals surface area (Å²) in [4.78, 5) is 24.8. The minimum absolute atomic E-state index is 0.0909. The Kier molecular flexibility index (Phi) is 4.04. The van der Waals surface area contributed by atoms with E-state index < -0.39 is 0 Å². The van der Waals surface area contributed by atoms with Crippen LogP contribution in [0.3, 0.4) is 0 Å². The fourth-order valence-corrected chi connectivity index (χ4v) is 3.29. The Morgan fingerprint density at radius 1 is 1.10 bits per heavy atom. The molecule has 0 atom stereocenters. The third-order valence-corrected chi connectivity index (χ3v) is 4.56. The molecule has 0 spiro atoms. The van der Waals surface area contributed by atoms with Crippen LogP contribution < -0.4 is 5.43 Å². The molecule has 0 saturated heterocycles. The lowest BCUT2D eigenvalue weighted by Crippen LogP contribution is -2.20. The first-order valence-electron chi connectivity index (χ1n) is 7.50. The summed E-state index contributed by atoms with van der Waals surface area (Å²) in [7, 11) is 1.91. The Morgan fingerprint density at radius 3 is 2.24 bits per heavy atom. The van der Waals surface area contributed by atoms with Crippen LogP contribution in [-0.2, 0) is 13.5 Å². The third-order valence-electron chi connectivity index (χ3n) is 4.56. The molecule has 0 unspecified atom stereocenters. The van der Waals surface area contributed by atoms with Crippen molar-refractivity contribution in [3.63, 3.8) is 0 Å². The topological polar surface area (TPSA) is 39.1 Å². The second kappa shape index (κ2) is 5.47. The molecule has 112 valence electrons. The van der Waals surface area contributed by atoms with Crippen LogP contribution in [0.5, 0.6) is 0 Å². The first-order valence-corrected chi connectivity index (χ1v) is 7.50. The van der Waals surface area contributed by atoms with Crippen molar-refractivity contribution in [1.82, 2.24) is 4.57 Å². The first kappa shape index (κ1) is 15.5. The molecule has 1 aromatic carbocycles. The standard InChI is InChI=1S/C18H23NO2/c1-7-13-10(3)11(4)16-17(12(13)5)19(6)9-14(18(16)21)15(20)8-2/h9H,7-8H2,1-6H3. The molecule has 1 heterocycles. The summed E-state index contributed by atoms with van der Waals surface area (Å²) in [6, 6.07) is 0. The molecule has 0 amide bonds. The number of carbonyl (C=O) groups excluding carboxylic acids is 1. The number of fused-ring (bicyclic) bond motifs is 1. The Balaban J connectivity index is 3.08. The van der Waals surface area contributed by atoms with E-state index in [1.165, 1.54) is 11.1 Å². The highest BCUT2D eigenvalue weighted by atomic mass is 16.1. The highest BCUT2D eigenvalue weighted by Gasteiger charge is 2.19. The maximum Gasteiger partial charge on any atom is 0.200 e. The molecule has 0 aliphatic carbocycles. The maximum atomic E-state index is 12.8. The number of carbonyl (C=O) groups is 1. The Labute approximate surface area is 125 Å². The molecule has 2 aromatic rings. The zero-order chi connectivity index (χ0) is 15.9. The first-order chi connectivity index (χ1) is 9.84. The lowest BCUT2D eigenvalue weighted by atomic mass is 9.91. The number of aromatic nitrogens is 1. The molecule has 0 saturated carbocycles. The number of ketones is 1. The molecule has 0 N–H and O–H groups in total. The Morgan fingerprint density at radius 2 is 1.71 bits per heavy atom. The molecule has 0 aliphatic rings. The number of benzene rings is 1. The summed E-state index contributed by atoms with van der Waals surface area (Å²) in [6.07, 6.45) is 2.99. The summed E-state index contributed by atoms with van der Waals surface area (Å²) in [5, 5.41) is 0.698. The van der Waals surface area contributed by atoms with Gasteiger partial charge in [0.2, 0.25) is 0 Å². The van der Waals surface area contributed by atoms with E-state index >= 15 is 0 Å². The third kappa shape index (κ3) is 2.21. The van der Waals surface area contributed by atoms with Crippen LogP contribution in [0.4, 0.5) is 0 Å². The van der Waals surface area contributed by atoms with Crippen molar-refractivity contribution in [2.75, 3.05) is 0 Å². The summed E-state index contributed by atoms with van der Waals surface area (Å²) in [6.45, 7) is 10.0. The van der Waals surface area contributed by atoms with Gasteiger partial charge in [-0.25, -0.2) is 0 Å². The molecule has 0 aliphatic heterocycles. The zero-order valence-corrected chi connectivity index (χ0v) is 13.8. The van der Waals surface area contributed by atoms with Crippen LogP contribution in [0.25, 0.3) is 10.9 Å². The summed E-state index contributed by atoms with van der Waals surface area (Å²) >= 11 is 0. The Hall–Kier alpha value is -1.90. The van der Waals surface area contributed by atoms with Gasteiger partial charge in [-0.1, -0.05) is 13.8 Å². The molecule has 21 heavy (non-hydrogen) atoms. The van der Waals surface area contributed by atoms with Gasteiger partial charge in [0.25, 0.3) is 0 Å². The van der Waals surface area contributed by atoms with Gasteiger partial charge in [-0.15, -0.1) is 0 Å². The lowest BCUT2D eigenvalue weighted by molar-refractivity contribution is 0.0986. The van der Waals surface area contributed by atoms with Gasteiger partial charge >= 0.3 is 0 Å². The second-order valence-corrected chi connectivity index (χ2v) is 5.69.